The van der Waals surface area contributed by atoms with Crippen LogP contribution in [-0.2, 0) is 6.54 Å². The maximum atomic E-state index is 12.0. The van der Waals surface area contributed by atoms with Crippen molar-refractivity contribution in [3.63, 3.8) is 0 Å². The number of aromatic nitrogens is 5. The van der Waals surface area contributed by atoms with Crippen molar-refractivity contribution < 1.29 is 9.53 Å². The van der Waals surface area contributed by atoms with Crippen LogP contribution in [0.2, 0.25) is 0 Å². The lowest BCUT2D eigenvalue weighted by atomic mass is 10.3. The summed E-state index contributed by atoms with van der Waals surface area (Å²) in [6.45, 7) is 2.60. The first-order valence-corrected chi connectivity index (χ1v) is 6.79. The number of nitrogens with zero attached hydrogens (tertiary/aromatic N) is 5. The van der Waals surface area contributed by atoms with Crippen molar-refractivity contribution in [1.82, 2.24) is 29.9 Å². The highest BCUT2D eigenvalue weighted by Crippen LogP contribution is 2.14. The molecule has 0 aromatic carbocycles. The summed E-state index contributed by atoms with van der Waals surface area (Å²) in [4.78, 5) is 20.0. The number of ether oxygens (including phenoxy) is 1. The number of fused-ring (bicyclic) bond motifs is 1. The van der Waals surface area contributed by atoms with Crippen LogP contribution in [0.1, 0.15) is 23.1 Å². The van der Waals surface area contributed by atoms with Gasteiger partial charge in [-0.2, -0.15) is 0 Å². The maximum absolute atomic E-state index is 12.0. The lowest BCUT2D eigenvalue weighted by molar-refractivity contribution is 0.0949. The number of rotatable bonds is 5. The molecular weight excluding hydrogens is 284 g/mol. The number of carbonyl (C=O) groups excluding carboxylic acids is 1. The Kier molecular flexibility index (Phi) is 3.90. The summed E-state index contributed by atoms with van der Waals surface area (Å²) < 4.78 is 7.13. The van der Waals surface area contributed by atoms with Crippen molar-refractivity contribution in [2.24, 2.45) is 0 Å². The van der Waals surface area contributed by atoms with E-state index < -0.39 is 0 Å². The standard InChI is InChI=1S/C14H14N6O2/c1-2-22-14-12-19-18-11(20(12)7-6-16-14)9-17-13(21)10-4-3-5-15-8-10/h3-8H,2,9H2,1H3,(H,17,21). The fraction of sp³-hybridized carbons (Fsp3) is 0.214. The minimum atomic E-state index is -0.219. The van der Waals surface area contributed by atoms with Crippen LogP contribution in [0.5, 0.6) is 5.88 Å². The SMILES string of the molecule is CCOc1nccn2c(CNC(=O)c3cccnc3)nnc12. The van der Waals surface area contributed by atoms with E-state index in [9.17, 15) is 4.79 Å². The third kappa shape index (κ3) is 2.71. The molecular formula is C14H14N6O2. The molecule has 0 atom stereocenters. The zero-order valence-corrected chi connectivity index (χ0v) is 11.9. The van der Waals surface area contributed by atoms with Crippen molar-refractivity contribution in [2.75, 3.05) is 6.61 Å². The summed E-state index contributed by atoms with van der Waals surface area (Å²) in [6, 6.07) is 3.41. The van der Waals surface area contributed by atoms with Crippen LogP contribution in [0.15, 0.2) is 36.9 Å². The van der Waals surface area contributed by atoms with E-state index in [1.165, 1.54) is 6.20 Å². The molecule has 3 heterocycles. The lowest BCUT2D eigenvalue weighted by Gasteiger charge is -2.05. The number of pyridine rings is 1. The van der Waals surface area contributed by atoms with E-state index in [0.717, 1.165) is 0 Å². The first kappa shape index (κ1) is 13.9. The summed E-state index contributed by atoms with van der Waals surface area (Å²) in [5, 5.41) is 10.9. The Bertz CT molecular complexity index is 786. The molecule has 1 amide bonds. The van der Waals surface area contributed by atoms with Crippen molar-refractivity contribution in [2.45, 2.75) is 13.5 Å². The summed E-state index contributed by atoms with van der Waals surface area (Å²) in [5.74, 6) is 0.793. The molecule has 3 aromatic heterocycles. The molecule has 3 aromatic rings. The summed E-state index contributed by atoms with van der Waals surface area (Å²) >= 11 is 0. The zero-order chi connectivity index (χ0) is 15.4. The minimum Gasteiger partial charge on any atom is -0.475 e. The van der Waals surface area contributed by atoms with Crippen molar-refractivity contribution in [1.29, 1.82) is 0 Å². The van der Waals surface area contributed by atoms with Crippen LogP contribution in [0.4, 0.5) is 0 Å². The number of amides is 1. The fourth-order valence-corrected chi connectivity index (χ4v) is 1.97. The third-order valence-electron chi connectivity index (χ3n) is 2.98. The van der Waals surface area contributed by atoms with E-state index in [1.807, 2.05) is 6.92 Å². The van der Waals surface area contributed by atoms with Crippen LogP contribution in [0.25, 0.3) is 5.65 Å². The first-order valence-electron chi connectivity index (χ1n) is 6.79. The molecule has 0 spiro atoms. The Labute approximate surface area is 126 Å². The van der Waals surface area contributed by atoms with Crippen molar-refractivity contribution in [3.05, 3.63) is 48.3 Å². The molecule has 0 radical (unpaired) electrons. The molecule has 0 saturated heterocycles. The molecule has 112 valence electrons. The highest BCUT2D eigenvalue weighted by molar-refractivity contribution is 5.93. The Morgan fingerprint density at radius 3 is 3.05 bits per heavy atom. The smallest absolute Gasteiger partial charge is 0.260 e. The lowest BCUT2D eigenvalue weighted by Crippen LogP contribution is -2.24. The van der Waals surface area contributed by atoms with Gasteiger partial charge >= 0.3 is 0 Å². The normalized spacial score (nSPS) is 10.6. The quantitative estimate of drug-likeness (QED) is 0.750. The van der Waals surface area contributed by atoms with E-state index >= 15 is 0 Å². The van der Waals surface area contributed by atoms with Gasteiger partial charge < -0.3 is 10.1 Å². The largest absolute Gasteiger partial charge is 0.475 e. The Balaban J connectivity index is 1.77. The summed E-state index contributed by atoms with van der Waals surface area (Å²) in [5.41, 5.74) is 1.02. The van der Waals surface area contributed by atoms with Gasteiger partial charge in [0.25, 0.3) is 11.8 Å². The average molecular weight is 298 g/mol. The molecule has 22 heavy (non-hydrogen) atoms. The van der Waals surface area contributed by atoms with E-state index in [-0.39, 0.29) is 12.5 Å². The van der Waals surface area contributed by atoms with Crippen molar-refractivity contribution >= 4 is 11.6 Å². The third-order valence-corrected chi connectivity index (χ3v) is 2.98. The van der Waals surface area contributed by atoms with Gasteiger partial charge in [0.2, 0.25) is 5.65 Å². The molecule has 3 rings (SSSR count). The Morgan fingerprint density at radius 2 is 2.27 bits per heavy atom. The Hall–Kier alpha value is -3.03. The predicted molar refractivity (Wildman–Crippen MR) is 77.4 cm³/mol. The molecule has 1 N–H and O–H groups in total. The molecule has 0 fully saturated rings. The summed E-state index contributed by atoms with van der Waals surface area (Å²) in [7, 11) is 0. The summed E-state index contributed by atoms with van der Waals surface area (Å²) in [6.07, 6.45) is 6.46. The second-order valence-electron chi connectivity index (χ2n) is 4.40. The van der Waals surface area contributed by atoms with E-state index in [4.69, 9.17) is 4.74 Å². The van der Waals surface area contributed by atoms with Gasteiger partial charge in [-0.3, -0.25) is 14.2 Å². The fourth-order valence-electron chi connectivity index (χ4n) is 1.97. The van der Waals surface area contributed by atoms with Crippen LogP contribution >= 0.6 is 0 Å². The zero-order valence-electron chi connectivity index (χ0n) is 11.9. The predicted octanol–water partition coefficient (Wildman–Crippen LogP) is 0.848. The number of carbonyl (C=O) groups is 1. The molecule has 0 unspecified atom stereocenters. The second kappa shape index (κ2) is 6.17. The number of hydrogen-bond donors (Lipinski definition) is 1. The Morgan fingerprint density at radius 1 is 1.36 bits per heavy atom. The first-order chi connectivity index (χ1) is 10.8. The molecule has 0 aliphatic carbocycles. The van der Waals surface area contributed by atoms with Gasteiger partial charge in [-0.1, -0.05) is 0 Å². The minimum absolute atomic E-state index is 0.219. The highest BCUT2D eigenvalue weighted by Gasteiger charge is 2.12. The van der Waals surface area contributed by atoms with E-state index in [2.05, 4.69) is 25.5 Å². The van der Waals surface area contributed by atoms with E-state index in [0.29, 0.717) is 29.5 Å². The van der Waals surface area contributed by atoms with Gasteiger partial charge in [0.15, 0.2) is 5.82 Å². The van der Waals surface area contributed by atoms with E-state index in [1.54, 1.807) is 35.1 Å². The van der Waals surface area contributed by atoms with Crippen LogP contribution < -0.4 is 10.1 Å². The molecule has 8 nitrogen and oxygen atoms in total. The molecule has 8 heteroatoms. The second-order valence-corrected chi connectivity index (χ2v) is 4.40. The monoisotopic (exact) mass is 298 g/mol. The van der Waals surface area contributed by atoms with Gasteiger partial charge in [0, 0.05) is 24.8 Å². The molecule has 0 aliphatic heterocycles. The van der Waals surface area contributed by atoms with Gasteiger partial charge in [-0.05, 0) is 19.1 Å². The van der Waals surface area contributed by atoms with Crippen LogP contribution in [0.3, 0.4) is 0 Å². The number of nitrogens with one attached hydrogen (secondary N) is 1. The molecule has 0 bridgehead atoms. The molecule has 0 saturated carbocycles. The number of hydrogen-bond acceptors (Lipinski definition) is 6. The van der Waals surface area contributed by atoms with Crippen LogP contribution in [-0.4, -0.2) is 37.1 Å². The van der Waals surface area contributed by atoms with Crippen molar-refractivity contribution in [3.8, 4) is 5.88 Å². The highest BCUT2D eigenvalue weighted by atomic mass is 16.5. The topological polar surface area (TPSA) is 94.3 Å². The maximum Gasteiger partial charge on any atom is 0.260 e. The van der Waals surface area contributed by atoms with Gasteiger partial charge in [0.05, 0.1) is 18.7 Å². The van der Waals surface area contributed by atoms with Gasteiger partial charge in [0.1, 0.15) is 0 Å². The van der Waals surface area contributed by atoms with Gasteiger partial charge in [-0.25, -0.2) is 4.98 Å². The van der Waals surface area contributed by atoms with Crippen LogP contribution in [0, 0.1) is 0 Å². The molecule has 0 aliphatic rings. The van der Waals surface area contributed by atoms with Gasteiger partial charge in [-0.15, -0.1) is 10.2 Å². The average Bonchev–Trinajstić information content (AvgIpc) is 2.98.